The van der Waals surface area contributed by atoms with Gasteiger partial charge in [0.25, 0.3) is 5.91 Å². The monoisotopic (exact) mass is 346 g/mol. The van der Waals surface area contributed by atoms with E-state index in [2.05, 4.69) is 20.4 Å². The number of nitrogens with zero attached hydrogens (tertiary/aromatic N) is 2. The minimum absolute atomic E-state index is 0.147. The maximum absolute atomic E-state index is 12.8. The number of ether oxygens (including phenoxy) is 1. The lowest BCUT2D eigenvalue weighted by atomic mass is 9.91. The second-order valence-corrected chi connectivity index (χ2v) is 7.06. The number of hydrogen-bond donors (Lipinski definition) is 2. The number of H-pyrrole nitrogens is 1. The Morgan fingerprint density at radius 3 is 2.60 bits per heavy atom. The Bertz CT molecular complexity index is 729. The van der Waals surface area contributed by atoms with E-state index in [-0.39, 0.29) is 23.8 Å². The number of hydrogen-bond acceptors (Lipinski definition) is 5. The molecule has 1 amide bonds. The van der Waals surface area contributed by atoms with Crippen LogP contribution in [-0.4, -0.2) is 34.2 Å². The summed E-state index contributed by atoms with van der Waals surface area (Å²) in [7, 11) is 0. The summed E-state index contributed by atoms with van der Waals surface area (Å²) in [5.74, 6) is 1.39. The summed E-state index contributed by atoms with van der Waals surface area (Å²) < 4.78 is 10.9. The van der Waals surface area contributed by atoms with Crippen molar-refractivity contribution in [3.05, 3.63) is 34.7 Å². The summed E-state index contributed by atoms with van der Waals surface area (Å²) in [5.41, 5.74) is 2.47. The molecule has 1 fully saturated rings. The highest BCUT2D eigenvalue weighted by Crippen LogP contribution is 2.30. The summed E-state index contributed by atoms with van der Waals surface area (Å²) in [6.45, 7) is 9.26. The van der Waals surface area contributed by atoms with E-state index in [4.69, 9.17) is 9.26 Å². The first kappa shape index (κ1) is 17.7. The summed E-state index contributed by atoms with van der Waals surface area (Å²) in [6, 6.07) is 1.65. The molecule has 0 aliphatic carbocycles. The molecule has 2 aromatic rings. The molecule has 0 unspecified atom stereocenters. The summed E-state index contributed by atoms with van der Waals surface area (Å²) in [4.78, 5) is 20.4. The van der Waals surface area contributed by atoms with Gasteiger partial charge in [-0.15, -0.1) is 0 Å². The highest BCUT2D eigenvalue weighted by Gasteiger charge is 2.32. The first-order chi connectivity index (χ1) is 12.0. The number of aromatic nitrogens is 3. The Kier molecular flexibility index (Phi) is 5.22. The van der Waals surface area contributed by atoms with E-state index >= 15 is 0 Å². The fourth-order valence-electron chi connectivity index (χ4n) is 3.22. The second kappa shape index (κ2) is 7.39. The number of aromatic amines is 1. The van der Waals surface area contributed by atoms with Crippen LogP contribution in [0, 0.1) is 19.8 Å². The van der Waals surface area contributed by atoms with Crippen molar-refractivity contribution in [2.75, 3.05) is 13.2 Å². The normalized spacial score (nSPS) is 17.0. The summed E-state index contributed by atoms with van der Waals surface area (Å²) >= 11 is 0. The van der Waals surface area contributed by atoms with Crippen molar-refractivity contribution >= 4 is 5.91 Å². The van der Waals surface area contributed by atoms with Crippen LogP contribution in [0.15, 0.2) is 10.6 Å². The molecule has 2 aromatic heterocycles. The van der Waals surface area contributed by atoms with Gasteiger partial charge in [-0.2, -0.15) is 4.98 Å². The molecule has 0 aromatic carbocycles. The second-order valence-electron chi connectivity index (χ2n) is 7.06. The fourth-order valence-corrected chi connectivity index (χ4v) is 3.22. The van der Waals surface area contributed by atoms with Gasteiger partial charge in [0.2, 0.25) is 5.89 Å². The minimum Gasteiger partial charge on any atom is -0.381 e. The number of carbonyl (C=O) groups excluding carboxylic acids is 1. The van der Waals surface area contributed by atoms with E-state index in [1.165, 1.54) is 0 Å². The van der Waals surface area contributed by atoms with Gasteiger partial charge < -0.3 is 19.6 Å². The largest absolute Gasteiger partial charge is 0.381 e. The maximum atomic E-state index is 12.8. The molecule has 0 radical (unpaired) electrons. The zero-order valence-corrected chi connectivity index (χ0v) is 15.3. The zero-order valence-electron chi connectivity index (χ0n) is 15.3. The van der Waals surface area contributed by atoms with Gasteiger partial charge in [-0.05, 0) is 44.2 Å². The number of nitrogens with one attached hydrogen (secondary N) is 2. The van der Waals surface area contributed by atoms with Crippen LogP contribution >= 0.6 is 0 Å². The molecule has 136 valence electrons. The predicted octanol–water partition coefficient (Wildman–Crippen LogP) is 3.04. The van der Waals surface area contributed by atoms with E-state index < -0.39 is 0 Å². The Labute approximate surface area is 147 Å². The third-order valence-corrected chi connectivity index (χ3v) is 4.64. The lowest BCUT2D eigenvalue weighted by molar-refractivity contribution is 0.0467. The van der Waals surface area contributed by atoms with E-state index in [1.807, 2.05) is 33.8 Å². The molecular formula is C18H26N4O3. The molecule has 0 saturated carbocycles. The van der Waals surface area contributed by atoms with Crippen LogP contribution < -0.4 is 5.32 Å². The van der Waals surface area contributed by atoms with Gasteiger partial charge in [0, 0.05) is 24.8 Å². The fraction of sp³-hybridized carbons (Fsp3) is 0.611. The van der Waals surface area contributed by atoms with Crippen LogP contribution in [-0.2, 0) is 4.74 Å². The van der Waals surface area contributed by atoms with Gasteiger partial charge in [0.1, 0.15) is 11.7 Å². The average molecular weight is 346 g/mol. The molecule has 0 spiro atoms. The van der Waals surface area contributed by atoms with Gasteiger partial charge in [0.15, 0.2) is 5.82 Å². The Balaban J connectivity index is 1.85. The first-order valence-corrected chi connectivity index (χ1v) is 8.84. The SMILES string of the molecule is Cc1cc(C)c(C(=O)N[C@H](c2nc(C(C)C)no2)C2CCOCC2)[nH]1. The molecule has 25 heavy (non-hydrogen) atoms. The highest BCUT2D eigenvalue weighted by atomic mass is 16.5. The molecule has 2 N–H and O–H groups in total. The van der Waals surface area contributed by atoms with Crippen molar-refractivity contribution in [2.45, 2.75) is 52.5 Å². The molecule has 1 aliphatic rings. The van der Waals surface area contributed by atoms with Gasteiger partial charge in [-0.1, -0.05) is 19.0 Å². The number of rotatable bonds is 5. The zero-order chi connectivity index (χ0) is 18.0. The molecule has 3 rings (SSSR count). The predicted molar refractivity (Wildman–Crippen MR) is 92.4 cm³/mol. The molecular weight excluding hydrogens is 320 g/mol. The topological polar surface area (TPSA) is 93.0 Å². The smallest absolute Gasteiger partial charge is 0.268 e. The number of amides is 1. The Morgan fingerprint density at radius 1 is 1.32 bits per heavy atom. The van der Waals surface area contributed by atoms with Crippen LogP contribution in [0.5, 0.6) is 0 Å². The molecule has 1 atom stereocenters. The van der Waals surface area contributed by atoms with Crippen molar-refractivity contribution in [1.29, 1.82) is 0 Å². The third-order valence-electron chi connectivity index (χ3n) is 4.64. The van der Waals surface area contributed by atoms with E-state index in [9.17, 15) is 4.79 Å². The molecule has 3 heterocycles. The van der Waals surface area contributed by atoms with Crippen molar-refractivity contribution in [3.8, 4) is 0 Å². The Morgan fingerprint density at radius 2 is 2.04 bits per heavy atom. The van der Waals surface area contributed by atoms with Crippen molar-refractivity contribution in [1.82, 2.24) is 20.4 Å². The van der Waals surface area contributed by atoms with E-state index in [0.29, 0.717) is 30.6 Å². The van der Waals surface area contributed by atoms with E-state index in [1.54, 1.807) is 0 Å². The molecule has 1 aliphatic heterocycles. The summed E-state index contributed by atoms with van der Waals surface area (Å²) in [5, 5.41) is 7.16. The van der Waals surface area contributed by atoms with Crippen LogP contribution in [0.25, 0.3) is 0 Å². The van der Waals surface area contributed by atoms with Crippen LogP contribution in [0.2, 0.25) is 0 Å². The standard InChI is InChI=1S/C18H26N4O3/c1-10(2)16-21-18(25-22-16)15(13-5-7-24-8-6-13)20-17(23)14-11(3)9-12(4)19-14/h9-10,13,15,19H,5-8H2,1-4H3,(H,20,23)/t15-/m0/s1. The van der Waals surface area contributed by atoms with Crippen LogP contribution in [0.1, 0.15) is 72.1 Å². The highest BCUT2D eigenvalue weighted by molar-refractivity contribution is 5.94. The van der Waals surface area contributed by atoms with Crippen molar-refractivity contribution in [2.24, 2.45) is 5.92 Å². The molecule has 1 saturated heterocycles. The summed E-state index contributed by atoms with van der Waals surface area (Å²) in [6.07, 6.45) is 1.71. The van der Waals surface area contributed by atoms with Crippen LogP contribution in [0.3, 0.4) is 0 Å². The van der Waals surface area contributed by atoms with E-state index in [0.717, 1.165) is 24.1 Å². The Hall–Kier alpha value is -2.15. The lowest BCUT2D eigenvalue weighted by Gasteiger charge is -2.28. The first-order valence-electron chi connectivity index (χ1n) is 8.84. The maximum Gasteiger partial charge on any atom is 0.268 e. The van der Waals surface area contributed by atoms with Gasteiger partial charge in [-0.25, -0.2) is 0 Å². The van der Waals surface area contributed by atoms with Crippen molar-refractivity contribution < 1.29 is 14.1 Å². The van der Waals surface area contributed by atoms with Gasteiger partial charge in [0.05, 0.1) is 0 Å². The number of carbonyl (C=O) groups is 1. The van der Waals surface area contributed by atoms with Crippen molar-refractivity contribution in [3.63, 3.8) is 0 Å². The quantitative estimate of drug-likeness (QED) is 0.868. The molecule has 7 heteroatoms. The third kappa shape index (κ3) is 3.92. The molecule has 7 nitrogen and oxygen atoms in total. The van der Waals surface area contributed by atoms with Crippen LogP contribution in [0.4, 0.5) is 0 Å². The number of aryl methyl sites for hydroxylation is 2. The average Bonchev–Trinajstić information content (AvgIpc) is 3.20. The van der Waals surface area contributed by atoms with Gasteiger partial charge in [-0.3, -0.25) is 4.79 Å². The van der Waals surface area contributed by atoms with Gasteiger partial charge >= 0.3 is 0 Å². The minimum atomic E-state index is -0.306. The lowest BCUT2D eigenvalue weighted by Crippen LogP contribution is -2.36. The molecule has 0 bridgehead atoms.